The Kier molecular flexibility index (Phi) is 2.76. The van der Waals surface area contributed by atoms with E-state index < -0.39 is 0 Å². The van der Waals surface area contributed by atoms with Gasteiger partial charge in [0, 0.05) is 24.3 Å². The maximum Gasteiger partial charge on any atom is 0.201 e. The molecule has 0 unspecified atom stereocenters. The molecule has 3 aromatic rings. The van der Waals surface area contributed by atoms with Gasteiger partial charge in [0.25, 0.3) is 0 Å². The van der Waals surface area contributed by atoms with Gasteiger partial charge in [-0.3, -0.25) is 4.79 Å². The highest BCUT2D eigenvalue weighted by molar-refractivity contribution is 5.81. The van der Waals surface area contributed by atoms with E-state index in [0.29, 0.717) is 17.9 Å². The number of nitrogens with zero attached hydrogens (tertiary/aromatic N) is 1. The van der Waals surface area contributed by atoms with Gasteiger partial charge in [0.05, 0.1) is 23.4 Å². The molecule has 0 saturated carbocycles. The van der Waals surface area contributed by atoms with Crippen molar-refractivity contribution in [3.63, 3.8) is 0 Å². The van der Waals surface area contributed by atoms with Crippen molar-refractivity contribution in [2.24, 2.45) is 0 Å². The zero-order valence-electron chi connectivity index (χ0n) is 14.2. The second-order valence-corrected chi connectivity index (χ2v) is 7.19. The van der Waals surface area contributed by atoms with Crippen LogP contribution >= 0.6 is 0 Å². The molecule has 3 aliphatic rings. The number of pyridine rings is 1. The summed E-state index contributed by atoms with van der Waals surface area (Å²) in [5.41, 5.74) is 3.91. The predicted molar refractivity (Wildman–Crippen MR) is 99.3 cm³/mol. The van der Waals surface area contributed by atoms with Crippen LogP contribution in [0.25, 0.3) is 10.9 Å². The number of hydrogen-bond acceptors (Lipinski definition) is 4. The minimum absolute atomic E-state index is 0.0324. The molecule has 130 valence electrons. The van der Waals surface area contributed by atoms with Gasteiger partial charge in [-0.1, -0.05) is 24.3 Å². The van der Waals surface area contributed by atoms with Crippen molar-refractivity contribution in [2.75, 3.05) is 18.1 Å². The molecular formula is C21H18N2O3. The van der Waals surface area contributed by atoms with Crippen LogP contribution in [-0.4, -0.2) is 24.4 Å². The molecule has 0 saturated heterocycles. The second-order valence-electron chi connectivity index (χ2n) is 7.19. The number of aromatic amines is 1. The summed E-state index contributed by atoms with van der Waals surface area (Å²) in [6, 6.07) is 13.8. The SMILES string of the molecule is O=c1c2c([nH]c3ccccc13)O[C@H]1C[C@@H]2c2cccc3c2N1CCCO3. The Balaban J connectivity index is 1.66. The molecule has 2 aromatic carbocycles. The van der Waals surface area contributed by atoms with E-state index in [1.807, 2.05) is 36.4 Å². The molecular weight excluding hydrogens is 328 g/mol. The van der Waals surface area contributed by atoms with Crippen LogP contribution in [-0.2, 0) is 0 Å². The Morgan fingerprint density at radius 3 is 3.00 bits per heavy atom. The van der Waals surface area contributed by atoms with E-state index in [-0.39, 0.29) is 17.6 Å². The third-order valence-electron chi connectivity index (χ3n) is 5.79. The minimum atomic E-state index is -0.0698. The van der Waals surface area contributed by atoms with Gasteiger partial charge in [0.1, 0.15) is 5.75 Å². The number of hydrogen-bond donors (Lipinski definition) is 1. The van der Waals surface area contributed by atoms with Crippen LogP contribution in [0.5, 0.6) is 11.6 Å². The lowest BCUT2D eigenvalue weighted by Crippen LogP contribution is -2.48. The maximum atomic E-state index is 13.3. The maximum absolute atomic E-state index is 13.3. The molecule has 1 aromatic heterocycles. The number of ether oxygens (including phenoxy) is 2. The average Bonchev–Trinajstić information content (AvgIpc) is 2.89. The summed E-state index contributed by atoms with van der Waals surface area (Å²) in [4.78, 5) is 18.9. The van der Waals surface area contributed by atoms with Crippen LogP contribution in [0.2, 0.25) is 0 Å². The first-order valence-electron chi connectivity index (χ1n) is 9.15. The summed E-state index contributed by atoms with van der Waals surface area (Å²) in [5.74, 6) is 1.56. The van der Waals surface area contributed by atoms with Crippen molar-refractivity contribution in [1.82, 2.24) is 4.98 Å². The van der Waals surface area contributed by atoms with E-state index in [4.69, 9.17) is 9.47 Å². The first-order valence-corrected chi connectivity index (χ1v) is 9.15. The van der Waals surface area contributed by atoms with E-state index in [1.165, 1.54) is 5.56 Å². The van der Waals surface area contributed by atoms with Crippen molar-refractivity contribution < 1.29 is 9.47 Å². The highest BCUT2D eigenvalue weighted by atomic mass is 16.5. The predicted octanol–water partition coefficient (Wildman–Crippen LogP) is 3.37. The largest absolute Gasteiger partial charge is 0.491 e. The summed E-state index contributed by atoms with van der Waals surface area (Å²) in [6.07, 6.45) is 1.68. The average molecular weight is 346 g/mol. The Hall–Kier alpha value is -2.95. The van der Waals surface area contributed by atoms with Gasteiger partial charge in [0.15, 0.2) is 11.7 Å². The minimum Gasteiger partial charge on any atom is -0.491 e. The molecule has 2 bridgehead atoms. The number of fused-ring (bicyclic) bond motifs is 7. The van der Waals surface area contributed by atoms with Crippen molar-refractivity contribution in [3.8, 4) is 11.6 Å². The van der Waals surface area contributed by atoms with Crippen LogP contribution in [0.3, 0.4) is 0 Å². The lowest BCUT2D eigenvalue weighted by Gasteiger charge is -2.44. The zero-order chi connectivity index (χ0) is 17.3. The van der Waals surface area contributed by atoms with Gasteiger partial charge in [-0.2, -0.15) is 0 Å². The number of rotatable bonds is 0. The molecule has 1 N–H and O–H groups in total. The van der Waals surface area contributed by atoms with Crippen LogP contribution in [0, 0.1) is 0 Å². The zero-order valence-corrected chi connectivity index (χ0v) is 14.2. The Morgan fingerprint density at radius 2 is 2.04 bits per heavy atom. The number of H-pyrrole nitrogens is 1. The van der Waals surface area contributed by atoms with E-state index >= 15 is 0 Å². The molecule has 6 rings (SSSR count). The summed E-state index contributed by atoms with van der Waals surface area (Å²) >= 11 is 0. The Labute approximate surface area is 150 Å². The van der Waals surface area contributed by atoms with Crippen LogP contribution in [0.15, 0.2) is 47.3 Å². The molecule has 0 spiro atoms. The number of benzene rings is 2. The van der Waals surface area contributed by atoms with Gasteiger partial charge < -0.3 is 19.4 Å². The normalized spacial score (nSPS) is 22.7. The molecule has 0 fully saturated rings. The number of anilines is 1. The topological polar surface area (TPSA) is 54.6 Å². The lowest BCUT2D eigenvalue weighted by molar-refractivity contribution is 0.144. The monoisotopic (exact) mass is 346 g/mol. The van der Waals surface area contributed by atoms with Crippen molar-refractivity contribution >= 4 is 16.6 Å². The number of aromatic nitrogens is 1. The molecule has 5 nitrogen and oxygen atoms in total. The molecule has 5 heteroatoms. The third-order valence-corrected chi connectivity index (χ3v) is 5.79. The lowest BCUT2D eigenvalue weighted by atomic mass is 9.81. The van der Waals surface area contributed by atoms with E-state index in [9.17, 15) is 4.79 Å². The quantitative estimate of drug-likeness (QED) is 0.678. The molecule has 0 radical (unpaired) electrons. The van der Waals surface area contributed by atoms with Gasteiger partial charge in [-0.05, 0) is 30.2 Å². The van der Waals surface area contributed by atoms with Crippen LogP contribution in [0.4, 0.5) is 5.69 Å². The van der Waals surface area contributed by atoms with Gasteiger partial charge in [-0.15, -0.1) is 0 Å². The molecule has 0 amide bonds. The van der Waals surface area contributed by atoms with Gasteiger partial charge in [0.2, 0.25) is 5.88 Å². The highest BCUT2D eigenvalue weighted by Crippen LogP contribution is 2.51. The van der Waals surface area contributed by atoms with Crippen molar-refractivity contribution in [2.45, 2.75) is 25.0 Å². The fourth-order valence-electron chi connectivity index (χ4n) is 4.68. The summed E-state index contributed by atoms with van der Waals surface area (Å²) in [6.45, 7) is 1.61. The fraction of sp³-hybridized carbons (Fsp3) is 0.286. The smallest absolute Gasteiger partial charge is 0.201 e. The van der Waals surface area contributed by atoms with Gasteiger partial charge >= 0.3 is 0 Å². The van der Waals surface area contributed by atoms with Crippen LogP contribution in [0.1, 0.15) is 29.9 Å². The fourth-order valence-corrected chi connectivity index (χ4v) is 4.68. The first-order chi connectivity index (χ1) is 12.8. The number of nitrogens with one attached hydrogen (secondary N) is 1. The Bertz CT molecular complexity index is 1100. The first kappa shape index (κ1) is 14.2. The number of para-hydroxylation sites is 2. The summed E-state index contributed by atoms with van der Waals surface area (Å²) in [5, 5.41) is 0.717. The standard InChI is InChI=1S/C21H18N2O3/c24-20-13-5-1-2-7-15(13)22-21-18(20)14-11-17(26-21)23-9-4-10-25-16-8-3-6-12(14)19(16)23/h1-3,5-8,14,17H,4,9-11H2,(H,22,24)/t14-,17+/m1/s1. The molecule has 4 heterocycles. The summed E-state index contributed by atoms with van der Waals surface area (Å²) < 4.78 is 12.3. The van der Waals surface area contributed by atoms with E-state index in [0.717, 1.165) is 41.9 Å². The summed E-state index contributed by atoms with van der Waals surface area (Å²) in [7, 11) is 0. The van der Waals surface area contributed by atoms with E-state index in [1.54, 1.807) is 0 Å². The third kappa shape index (κ3) is 1.77. The highest BCUT2D eigenvalue weighted by Gasteiger charge is 2.43. The Morgan fingerprint density at radius 1 is 1.12 bits per heavy atom. The van der Waals surface area contributed by atoms with E-state index in [2.05, 4.69) is 16.0 Å². The second kappa shape index (κ2) is 5.04. The molecule has 26 heavy (non-hydrogen) atoms. The van der Waals surface area contributed by atoms with Gasteiger partial charge in [-0.25, -0.2) is 0 Å². The molecule has 3 aliphatic heterocycles. The molecule has 0 aliphatic carbocycles. The van der Waals surface area contributed by atoms with Crippen LogP contribution < -0.4 is 19.8 Å². The van der Waals surface area contributed by atoms with Crippen molar-refractivity contribution in [3.05, 3.63) is 63.8 Å². The van der Waals surface area contributed by atoms with Crippen molar-refractivity contribution in [1.29, 1.82) is 0 Å². The molecule has 2 atom stereocenters.